The molecular weight excluding hydrogens is 176 g/mol. The van der Waals surface area contributed by atoms with Crippen molar-refractivity contribution < 1.29 is 4.79 Å². The molecule has 14 heavy (non-hydrogen) atoms. The number of primary amides is 1. The molecule has 0 spiro atoms. The van der Waals surface area contributed by atoms with Gasteiger partial charge in [0.1, 0.15) is 0 Å². The highest BCUT2D eigenvalue weighted by Gasteiger charge is 2.09. The lowest BCUT2D eigenvalue weighted by Gasteiger charge is -2.00. The average Bonchev–Trinajstić information content (AvgIpc) is 2.67. The van der Waals surface area contributed by atoms with E-state index in [0.29, 0.717) is 5.56 Å². The second-order valence-electron chi connectivity index (χ2n) is 3.00. The second-order valence-corrected chi connectivity index (χ2v) is 3.00. The predicted molar refractivity (Wildman–Crippen MR) is 54.7 cm³/mol. The molecule has 0 bridgehead atoms. The zero-order valence-corrected chi connectivity index (χ0v) is 7.53. The van der Waals surface area contributed by atoms with E-state index in [4.69, 9.17) is 5.73 Å². The molecule has 0 saturated heterocycles. The van der Waals surface area contributed by atoms with Gasteiger partial charge in [0, 0.05) is 6.20 Å². The van der Waals surface area contributed by atoms with Crippen LogP contribution in [0.2, 0.25) is 0 Å². The summed E-state index contributed by atoms with van der Waals surface area (Å²) < 4.78 is 0. The zero-order chi connectivity index (χ0) is 9.97. The molecule has 2 rings (SSSR count). The Hall–Kier alpha value is -2.03. The topological polar surface area (TPSA) is 58.9 Å². The minimum atomic E-state index is -0.412. The molecule has 3 N–H and O–H groups in total. The number of benzene rings is 1. The number of hydrogen-bond donors (Lipinski definition) is 2. The molecule has 3 nitrogen and oxygen atoms in total. The molecule has 0 atom stereocenters. The molecule has 0 aliphatic rings. The van der Waals surface area contributed by atoms with Gasteiger partial charge in [0.25, 0.3) is 5.91 Å². The third-order valence-corrected chi connectivity index (χ3v) is 2.07. The lowest BCUT2D eigenvalue weighted by Crippen LogP contribution is -2.10. The maximum absolute atomic E-state index is 11.1. The molecule has 70 valence electrons. The second kappa shape index (κ2) is 3.38. The summed E-state index contributed by atoms with van der Waals surface area (Å²) in [5, 5.41) is 0. The minimum Gasteiger partial charge on any atom is -0.366 e. The first kappa shape index (κ1) is 8.56. The third kappa shape index (κ3) is 1.40. The first-order valence-corrected chi connectivity index (χ1v) is 4.31. The van der Waals surface area contributed by atoms with Gasteiger partial charge in [0.2, 0.25) is 0 Å². The van der Waals surface area contributed by atoms with Crippen molar-refractivity contribution in [2.75, 3.05) is 0 Å². The van der Waals surface area contributed by atoms with Gasteiger partial charge in [0.15, 0.2) is 0 Å². The molecule has 1 aromatic heterocycles. The van der Waals surface area contributed by atoms with Crippen molar-refractivity contribution in [2.45, 2.75) is 0 Å². The standard InChI is InChI=1S/C11H10N2O/c12-11(14)9-6-7-13-10(9)8-4-2-1-3-5-8/h1-7,13H,(H2,12,14). The number of nitrogens with two attached hydrogens (primary N) is 1. The van der Waals surface area contributed by atoms with Crippen LogP contribution in [0, 0.1) is 0 Å². The highest BCUT2D eigenvalue weighted by atomic mass is 16.1. The highest BCUT2D eigenvalue weighted by molar-refractivity contribution is 5.99. The first-order valence-electron chi connectivity index (χ1n) is 4.31. The molecule has 0 saturated carbocycles. The van der Waals surface area contributed by atoms with Crippen LogP contribution in [0.25, 0.3) is 11.3 Å². The van der Waals surface area contributed by atoms with Crippen molar-refractivity contribution >= 4 is 5.91 Å². The molecule has 1 aromatic carbocycles. The van der Waals surface area contributed by atoms with Gasteiger partial charge in [-0.3, -0.25) is 4.79 Å². The molecule has 0 aliphatic heterocycles. The van der Waals surface area contributed by atoms with Crippen LogP contribution in [0.4, 0.5) is 0 Å². The van der Waals surface area contributed by atoms with E-state index in [9.17, 15) is 4.79 Å². The summed E-state index contributed by atoms with van der Waals surface area (Å²) in [7, 11) is 0. The van der Waals surface area contributed by atoms with Crippen molar-refractivity contribution in [3.05, 3.63) is 48.2 Å². The number of carbonyl (C=O) groups excluding carboxylic acids is 1. The Bertz CT molecular complexity index is 445. The number of amides is 1. The van der Waals surface area contributed by atoms with Crippen LogP contribution in [0.15, 0.2) is 42.6 Å². The van der Waals surface area contributed by atoms with Gasteiger partial charge in [-0.1, -0.05) is 30.3 Å². The fourth-order valence-corrected chi connectivity index (χ4v) is 1.42. The van der Waals surface area contributed by atoms with Crippen molar-refractivity contribution in [1.29, 1.82) is 0 Å². The molecule has 0 unspecified atom stereocenters. The Kier molecular flexibility index (Phi) is 2.07. The largest absolute Gasteiger partial charge is 0.366 e. The Balaban J connectivity index is 2.52. The minimum absolute atomic E-state index is 0.412. The predicted octanol–water partition coefficient (Wildman–Crippen LogP) is 1.78. The summed E-state index contributed by atoms with van der Waals surface area (Å²) in [6.45, 7) is 0. The maximum atomic E-state index is 11.1. The normalized spacial score (nSPS) is 10.0. The number of rotatable bonds is 2. The molecule has 1 heterocycles. The number of nitrogens with one attached hydrogen (secondary N) is 1. The van der Waals surface area contributed by atoms with Crippen LogP contribution in [-0.2, 0) is 0 Å². The van der Waals surface area contributed by atoms with Crippen LogP contribution in [0.3, 0.4) is 0 Å². The quantitative estimate of drug-likeness (QED) is 0.737. The fraction of sp³-hybridized carbons (Fsp3) is 0. The molecular formula is C11H10N2O. The van der Waals surface area contributed by atoms with E-state index >= 15 is 0 Å². The Morgan fingerprint density at radius 3 is 2.50 bits per heavy atom. The Morgan fingerprint density at radius 2 is 1.86 bits per heavy atom. The van der Waals surface area contributed by atoms with Gasteiger partial charge in [0.05, 0.1) is 11.3 Å². The Labute approximate surface area is 81.6 Å². The van der Waals surface area contributed by atoms with E-state index in [2.05, 4.69) is 4.98 Å². The van der Waals surface area contributed by atoms with Crippen LogP contribution < -0.4 is 5.73 Å². The van der Waals surface area contributed by atoms with Crippen molar-refractivity contribution in [3.63, 3.8) is 0 Å². The first-order chi connectivity index (χ1) is 6.79. The highest BCUT2D eigenvalue weighted by Crippen LogP contribution is 2.20. The van der Waals surface area contributed by atoms with Crippen LogP contribution >= 0.6 is 0 Å². The number of aromatic nitrogens is 1. The zero-order valence-electron chi connectivity index (χ0n) is 7.53. The van der Waals surface area contributed by atoms with Gasteiger partial charge in [-0.25, -0.2) is 0 Å². The summed E-state index contributed by atoms with van der Waals surface area (Å²) in [5.74, 6) is -0.412. The van der Waals surface area contributed by atoms with Gasteiger partial charge < -0.3 is 10.7 Å². The number of carbonyl (C=O) groups is 1. The summed E-state index contributed by atoms with van der Waals surface area (Å²) in [6, 6.07) is 11.3. The van der Waals surface area contributed by atoms with Crippen molar-refractivity contribution in [2.24, 2.45) is 5.73 Å². The lowest BCUT2D eigenvalue weighted by atomic mass is 10.1. The van der Waals surface area contributed by atoms with Crippen molar-refractivity contribution in [3.8, 4) is 11.3 Å². The third-order valence-electron chi connectivity index (χ3n) is 2.07. The van der Waals surface area contributed by atoms with E-state index in [1.54, 1.807) is 12.3 Å². The SMILES string of the molecule is NC(=O)c1cc[nH]c1-c1ccccc1. The Morgan fingerprint density at radius 1 is 1.14 bits per heavy atom. The van der Waals surface area contributed by atoms with E-state index in [1.807, 2.05) is 30.3 Å². The molecule has 0 radical (unpaired) electrons. The van der Waals surface area contributed by atoms with E-state index in [0.717, 1.165) is 11.3 Å². The van der Waals surface area contributed by atoms with E-state index in [1.165, 1.54) is 0 Å². The molecule has 2 aromatic rings. The fourth-order valence-electron chi connectivity index (χ4n) is 1.42. The maximum Gasteiger partial charge on any atom is 0.250 e. The van der Waals surface area contributed by atoms with Gasteiger partial charge >= 0.3 is 0 Å². The summed E-state index contributed by atoms with van der Waals surface area (Å²) in [6.07, 6.45) is 1.71. The van der Waals surface area contributed by atoms with Crippen LogP contribution in [0.1, 0.15) is 10.4 Å². The van der Waals surface area contributed by atoms with E-state index < -0.39 is 5.91 Å². The molecule has 3 heteroatoms. The summed E-state index contributed by atoms with van der Waals surface area (Å²) in [5.41, 5.74) is 7.50. The van der Waals surface area contributed by atoms with Gasteiger partial charge in [-0.2, -0.15) is 0 Å². The average molecular weight is 186 g/mol. The molecule has 0 aliphatic carbocycles. The number of aromatic amines is 1. The van der Waals surface area contributed by atoms with Gasteiger partial charge in [-0.05, 0) is 11.6 Å². The monoisotopic (exact) mass is 186 g/mol. The number of hydrogen-bond acceptors (Lipinski definition) is 1. The van der Waals surface area contributed by atoms with Crippen molar-refractivity contribution in [1.82, 2.24) is 4.98 Å². The smallest absolute Gasteiger partial charge is 0.250 e. The van der Waals surface area contributed by atoms with Gasteiger partial charge in [-0.15, -0.1) is 0 Å². The molecule has 0 fully saturated rings. The lowest BCUT2D eigenvalue weighted by molar-refractivity contribution is 0.100. The van der Waals surface area contributed by atoms with Crippen LogP contribution in [0.5, 0.6) is 0 Å². The summed E-state index contributed by atoms with van der Waals surface area (Å²) >= 11 is 0. The molecule has 1 amide bonds. The number of H-pyrrole nitrogens is 1. The van der Waals surface area contributed by atoms with E-state index in [-0.39, 0.29) is 0 Å². The summed E-state index contributed by atoms with van der Waals surface area (Å²) in [4.78, 5) is 14.1. The van der Waals surface area contributed by atoms with Crippen LogP contribution in [-0.4, -0.2) is 10.9 Å².